The van der Waals surface area contributed by atoms with E-state index in [4.69, 9.17) is 0 Å². The zero-order valence-corrected chi connectivity index (χ0v) is 15.2. The third kappa shape index (κ3) is 3.87. The zero-order chi connectivity index (χ0) is 15.7. The molecule has 0 spiro atoms. The topological polar surface area (TPSA) is 52.7 Å². The standard InChI is InChI=1S/C16H23N3O2S.ClH/c1-11-3-4-14(22-11)16(21)19-7-5-18(6-8-19)15(20)12(2)13-9-17-10-13;/h3-4,12-13,17H,5-10H2,1-2H3;1H. The van der Waals surface area contributed by atoms with Crippen molar-refractivity contribution in [3.63, 3.8) is 0 Å². The van der Waals surface area contributed by atoms with Crippen LogP contribution in [0.4, 0.5) is 0 Å². The number of amides is 2. The summed E-state index contributed by atoms with van der Waals surface area (Å²) < 4.78 is 0. The van der Waals surface area contributed by atoms with Crippen molar-refractivity contribution in [3.05, 3.63) is 21.9 Å². The fourth-order valence-electron chi connectivity index (χ4n) is 2.99. The largest absolute Gasteiger partial charge is 0.339 e. The molecule has 1 aromatic rings. The molecule has 5 nitrogen and oxygen atoms in total. The second-order valence-corrected chi connectivity index (χ2v) is 7.52. The van der Waals surface area contributed by atoms with Crippen molar-refractivity contribution in [1.29, 1.82) is 0 Å². The molecule has 1 N–H and O–H groups in total. The first-order chi connectivity index (χ1) is 10.6. The Morgan fingerprint density at radius 2 is 1.78 bits per heavy atom. The van der Waals surface area contributed by atoms with Gasteiger partial charge in [-0.25, -0.2) is 0 Å². The second-order valence-electron chi connectivity index (χ2n) is 6.23. The van der Waals surface area contributed by atoms with Crippen molar-refractivity contribution in [2.45, 2.75) is 13.8 Å². The molecule has 2 fully saturated rings. The predicted molar refractivity (Wildman–Crippen MR) is 94.3 cm³/mol. The maximum absolute atomic E-state index is 12.5. The predicted octanol–water partition coefficient (Wildman–Crippen LogP) is 1.62. The Morgan fingerprint density at radius 1 is 1.17 bits per heavy atom. The van der Waals surface area contributed by atoms with Gasteiger partial charge in [-0.15, -0.1) is 23.7 Å². The molecule has 0 bridgehead atoms. The van der Waals surface area contributed by atoms with Gasteiger partial charge in [0.2, 0.25) is 5.91 Å². The number of rotatable bonds is 3. The molecule has 0 radical (unpaired) electrons. The Morgan fingerprint density at radius 3 is 2.26 bits per heavy atom. The van der Waals surface area contributed by atoms with Crippen molar-refractivity contribution in [3.8, 4) is 0 Å². The summed E-state index contributed by atoms with van der Waals surface area (Å²) in [7, 11) is 0. The fraction of sp³-hybridized carbons (Fsp3) is 0.625. The minimum Gasteiger partial charge on any atom is -0.339 e. The maximum Gasteiger partial charge on any atom is 0.264 e. The van der Waals surface area contributed by atoms with Gasteiger partial charge in [0.25, 0.3) is 5.91 Å². The van der Waals surface area contributed by atoms with Crippen LogP contribution in [-0.2, 0) is 4.79 Å². The van der Waals surface area contributed by atoms with Gasteiger partial charge in [0.1, 0.15) is 0 Å². The lowest BCUT2D eigenvalue weighted by atomic mass is 9.88. The average Bonchev–Trinajstić information content (AvgIpc) is 2.90. The lowest BCUT2D eigenvalue weighted by molar-refractivity contribution is -0.138. The molecule has 23 heavy (non-hydrogen) atoms. The molecular formula is C16H24ClN3O2S. The molecule has 0 saturated carbocycles. The van der Waals surface area contributed by atoms with Crippen molar-refractivity contribution in [1.82, 2.24) is 15.1 Å². The van der Waals surface area contributed by atoms with Crippen LogP contribution in [0.25, 0.3) is 0 Å². The van der Waals surface area contributed by atoms with Gasteiger partial charge in [-0.05, 0) is 38.1 Å². The van der Waals surface area contributed by atoms with Crippen LogP contribution in [0.2, 0.25) is 0 Å². The molecule has 1 atom stereocenters. The van der Waals surface area contributed by atoms with E-state index in [-0.39, 0.29) is 30.1 Å². The van der Waals surface area contributed by atoms with Gasteiger partial charge in [0.05, 0.1) is 4.88 Å². The monoisotopic (exact) mass is 357 g/mol. The number of carbonyl (C=O) groups excluding carboxylic acids is 2. The van der Waals surface area contributed by atoms with Crippen LogP contribution in [0.3, 0.4) is 0 Å². The summed E-state index contributed by atoms with van der Waals surface area (Å²) in [6.07, 6.45) is 0. The van der Waals surface area contributed by atoms with Gasteiger partial charge in [-0.1, -0.05) is 6.92 Å². The smallest absolute Gasteiger partial charge is 0.264 e. The highest BCUT2D eigenvalue weighted by atomic mass is 35.5. The van der Waals surface area contributed by atoms with Gasteiger partial charge >= 0.3 is 0 Å². The van der Waals surface area contributed by atoms with Crippen LogP contribution in [0.15, 0.2) is 12.1 Å². The van der Waals surface area contributed by atoms with E-state index in [1.807, 2.05) is 35.8 Å². The SMILES string of the molecule is Cc1ccc(C(=O)N2CCN(C(=O)C(C)C3CNC3)CC2)s1.Cl. The van der Waals surface area contributed by atoms with E-state index >= 15 is 0 Å². The molecule has 2 amide bonds. The van der Waals surface area contributed by atoms with Crippen LogP contribution in [0.5, 0.6) is 0 Å². The molecule has 128 valence electrons. The molecule has 7 heteroatoms. The van der Waals surface area contributed by atoms with E-state index in [1.54, 1.807) is 0 Å². The molecule has 0 aromatic carbocycles. The number of aryl methyl sites for hydroxylation is 1. The van der Waals surface area contributed by atoms with Gasteiger partial charge < -0.3 is 15.1 Å². The number of hydrogen-bond donors (Lipinski definition) is 1. The number of carbonyl (C=O) groups is 2. The third-order valence-electron chi connectivity index (χ3n) is 4.74. The number of hydrogen-bond acceptors (Lipinski definition) is 4. The first-order valence-electron chi connectivity index (χ1n) is 7.91. The van der Waals surface area contributed by atoms with Crippen LogP contribution in [0.1, 0.15) is 21.5 Å². The van der Waals surface area contributed by atoms with E-state index in [0.29, 0.717) is 32.1 Å². The van der Waals surface area contributed by atoms with E-state index in [1.165, 1.54) is 11.3 Å². The Labute approximate surface area is 147 Å². The molecule has 2 saturated heterocycles. The van der Waals surface area contributed by atoms with Crippen molar-refractivity contribution in [2.24, 2.45) is 11.8 Å². The highest BCUT2D eigenvalue weighted by Crippen LogP contribution is 2.21. The fourth-order valence-corrected chi connectivity index (χ4v) is 3.82. The lowest BCUT2D eigenvalue weighted by Crippen LogP contribution is -2.55. The summed E-state index contributed by atoms with van der Waals surface area (Å²) in [4.78, 5) is 30.6. The van der Waals surface area contributed by atoms with Crippen LogP contribution >= 0.6 is 23.7 Å². The Hall–Kier alpha value is -1.11. The normalized spacial score (nSPS) is 19.7. The third-order valence-corrected chi connectivity index (χ3v) is 5.73. The zero-order valence-electron chi connectivity index (χ0n) is 13.6. The molecule has 1 unspecified atom stereocenters. The highest BCUT2D eigenvalue weighted by Gasteiger charge is 2.33. The summed E-state index contributed by atoms with van der Waals surface area (Å²) in [6, 6.07) is 3.87. The van der Waals surface area contributed by atoms with Crippen LogP contribution < -0.4 is 5.32 Å². The number of nitrogens with one attached hydrogen (secondary N) is 1. The Bertz CT molecular complexity index is 565. The summed E-state index contributed by atoms with van der Waals surface area (Å²) in [6.45, 7) is 8.51. The first kappa shape index (κ1) is 18.2. The average molecular weight is 358 g/mol. The van der Waals surface area contributed by atoms with Gasteiger partial charge in [0.15, 0.2) is 0 Å². The minimum atomic E-state index is 0. The Balaban J connectivity index is 0.00000192. The number of piperazine rings is 1. The van der Waals surface area contributed by atoms with Gasteiger partial charge in [-0.3, -0.25) is 9.59 Å². The highest BCUT2D eigenvalue weighted by molar-refractivity contribution is 7.13. The molecular weight excluding hydrogens is 334 g/mol. The number of thiophene rings is 1. The summed E-state index contributed by atoms with van der Waals surface area (Å²) in [5.74, 6) is 0.900. The van der Waals surface area contributed by atoms with Crippen LogP contribution in [0, 0.1) is 18.8 Å². The molecule has 0 aliphatic carbocycles. The van der Waals surface area contributed by atoms with Crippen molar-refractivity contribution >= 4 is 35.6 Å². The van der Waals surface area contributed by atoms with Gasteiger partial charge in [-0.2, -0.15) is 0 Å². The van der Waals surface area contributed by atoms with Crippen molar-refractivity contribution in [2.75, 3.05) is 39.3 Å². The quantitative estimate of drug-likeness (QED) is 0.894. The van der Waals surface area contributed by atoms with E-state index in [2.05, 4.69) is 5.32 Å². The van der Waals surface area contributed by atoms with Gasteiger partial charge in [0, 0.05) is 37.0 Å². The number of nitrogens with zero attached hydrogens (tertiary/aromatic N) is 2. The van der Waals surface area contributed by atoms with E-state index < -0.39 is 0 Å². The maximum atomic E-state index is 12.5. The van der Waals surface area contributed by atoms with Crippen LogP contribution in [-0.4, -0.2) is 60.9 Å². The van der Waals surface area contributed by atoms with E-state index in [0.717, 1.165) is 22.8 Å². The summed E-state index contributed by atoms with van der Waals surface area (Å²) in [5.41, 5.74) is 0. The minimum absolute atomic E-state index is 0. The Kier molecular flexibility index (Phi) is 6.06. The lowest BCUT2D eigenvalue weighted by Gasteiger charge is -2.39. The molecule has 2 aliphatic rings. The number of halogens is 1. The molecule has 3 heterocycles. The molecule has 1 aromatic heterocycles. The van der Waals surface area contributed by atoms with Crippen molar-refractivity contribution < 1.29 is 9.59 Å². The second kappa shape index (κ2) is 7.64. The molecule has 3 rings (SSSR count). The molecule has 2 aliphatic heterocycles. The summed E-state index contributed by atoms with van der Waals surface area (Å²) >= 11 is 1.54. The van der Waals surface area contributed by atoms with E-state index in [9.17, 15) is 9.59 Å². The first-order valence-corrected chi connectivity index (χ1v) is 8.73. The summed E-state index contributed by atoms with van der Waals surface area (Å²) in [5, 5.41) is 3.22.